The van der Waals surface area contributed by atoms with E-state index in [-0.39, 0.29) is 17.9 Å². The van der Waals surface area contributed by atoms with Gasteiger partial charge in [-0.05, 0) is 32.6 Å². The van der Waals surface area contributed by atoms with Gasteiger partial charge in [0.05, 0.1) is 12.5 Å². The summed E-state index contributed by atoms with van der Waals surface area (Å²) in [4.78, 5) is 25.0. The third kappa shape index (κ3) is 5.91. The normalized spacial score (nSPS) is 21.8. The van der Waals surface area contributed by atoms with Gasteiger partial charge in [0.25, 0.3) is 0 Å². The molecular weight excluding hydrogens is 272 g/mol. The summed E-state index contributed by atoms with van der Waals surface area (Å²) in [5, 5.41) is 12.1. The molecule has 122 valence electrons. The molecule has 0 aliphatic heterocycles. The number of amides is 2. The quantitative estimate of drug-likeness (QED) is 0.672. The van der Waals surface area contributed by atoms with Gasteiger partial charge in [0, 0.05) is 26.2 Å². The van der Waals surface area contributed by atoms with Crippen molar-refractivity contribution in [2.75, 3.05) is 32.8 Å². The number of rotatable bonds is 8. The molecule has 0 heterocycles. The molecule has 1 saturated carbocycles. The standard InChI is InChI=1S/C15H28N2O4/c1-3-17(9-10-21-4-2)15(20)16-11-12-7-5-6-8-13(12)14(18)19/h12-13H,3-11H2,1-2H3,(H,16,20)(H,18,19). The zero-order valence-corrected chi connectivity index (χ0v) is 13.1. The summed E-state index contributed by atoms with van der Waals surface area (Å²) in [6.07, 6.45) is 3.61. The number of carbonyl (C=O) groups is 2. The van der Waals surface area contributed by atoms with Crippen LogP contribution in [0.5, 0.6) is 0 Å². The molecule has 0 spiro atoms. The third-order valence-corrected chi connectivity index (χ3v) is 4.12. The molecule has 0 saturated heterocycles. The van der Waals surface area contributed by atoms with Crippen LogP contribution in [-0.4, -0.2) is 54.9 Å². The molecule has 1 aliphatic carbocycles. The number of carbonyl (C=O) groups excluding carboxylic acids is 1. The van der Waals surface area contributed by atoms with Crippen LogP contribution in [0.1, 0.15) is 39.5 Å². The van der Waals surface area contributed by atoms with E-state index in [0.717, 1.165) is 25.7 Å². The Bertz CT molecular complexity index is 336. The van der Waals surface area contributed by atoms with Gasteiger partial charge in [0.1, 0.15) is 0 Å². The number of nitrogens with zero attached hydrogens (tertiary/aromatic N) is 1. The zero-order valence-electron chi connectivity index (χ0n) is 13.1. The molecule has 6 nitrogen and oxygen atoms in total. The Labute approximate surface area is 126 Å². The second-order valence-electron chi connectivity index (χ2n) is 5.45. The lowest BCUT2D eigenvalue weighted by atomic mass is 9.79. The fraction of sp³-hybridized carbons (Fsp3) is 0.867. The number of hydrogen-bond acceptors (Lipinski definition) is 3. The predicted octanol–water partition coefficient (Wildman–Crippen LogP) is 1.95. The number of likely N-dealkylation sites (N-methyl/N-ethyl adjacent to an activating group) is 1. The lowest BCUT2D eigenvalue weighted by Gasteiger charge is -2.29. The van der Waals surface area contributed by atoms with E-state index in [4.69, 9.17) is 4.74 Å². The molecule has 2 atom stereocenters. The molecule has 0 radical (unpaired) electrons. The maximum absolute atomic E-state index is 12.1. The number of hydrogen-bond donors (Lipinski definition) is 2. The Morgan fingerprint density at radius 3 is 2.62 bits per heavy atom. The van der Waals surface area contributed by atoms with Gasteiger partial charge in [-0.1, -0.05) is 12.8 Å². The van der Waals surface area contributed by atoms with Crippen LogP contribution in [-0.2, 0) is 9.53 Å². The van der Waals surface area contributed by atoms with Gasteiger partial charge in [0.2, 0.25) is 0 Å². The maximum Gasteiger partial charge on any atom is 0.317 e. The summed E-state index contributed by atoms with van der Waals surface area (Å²) in [5.41, 5.74) is 0. The van der Waals surface area contributed by atoms with E-state index in [1.165, 1.54) is 0 Å². The molecule has 1 rings (SSSR count). The van der Waals surface area contributed by atoms with E-state index in [1.54, 1.807) is 4.90 Å². The van der Waals surface area contributed by atoms with Crippen molar-refractivity contribution in [2.24, 2.45) is 11.8 Å². The van der Waals surface area contributed by atoms with Crippen molar-refractivity contribution in [1.82, 2.24) is 10.2 Å². The first kappa shape index (κ1) is 17.8. The van der Waals surface area contributed by atoms with Gasteiger partial charge in [-0.25, -0.2) is 4.79 Å². The monoisotopic (exact) mass is 300 g/mol. The van der Waals surface area contributed by atoms with E-state index in [1.807, 2.05) is 13.8 Å². The number of aliphatic carboxylic acids is 1. The second-order valence-corrected chi connectivity index (χ2v) is 5.45. The van der Waals surface area contributed by atoms with E-state index >= 15 is 0 Å². The average molecular weight is 300 g/mol. The Kier molecular flexibility index (Phi) is 8.12. The Morgan fingerprint density at radius 1 is 1.29 bits per heavy atom. The second kappa shape index (κ2) is 9.60. The molecule has 2 unspecified atom stereocenters. The van der Waals surface area contributed by atoms with Crippen LogP contribution in [0.2, 0.25) is 0 Å². The van der Waals surface area contributed by atoms with Crippen molar-refractivity contribution in [3.63, 3.8) is 0 Å². The summed E-state index contributed by atoms with van der Waals surface area (Å²) in [7, 11) is 0. The molecule has 6 heteroatoms. The van der Waals surface area contributed by atoms with Crippen molar-refractivity contribution >= 4 is 12.0 Å². The minimum absolute atomic E-state index is 0.0470. The number of carboxylic acids is 1. The highest BCUT2D eigenvalue weighted by Gasteiger charge is 2.31. The van der Waals surface area contributed by atoms with Gasteiger partial charge in [-0.3, -0.25) is 4.79 Å². The van der Waals surface area contributed by atoms with Gasteiger partial charge in [-0.2, -0.15) is 0 Å². The van der Waals surface area contributed by atoms with Crippen molar-refractivity contribution in [3.05, 3.63) is 0 Å². The molecule has 2 N–H and O–H groups in total. The van der Waals surface area contributed by atoms with E-state index in [2.05, 4.69) is 5.32 Å². The molecule has 0 aromatic carbocycles. The van der Waals surface area contributed by atoms with Gasteiger partial charge >= 0.3 is 12.0 Å². The molecular formula is C15H28N2O4. The lowest BCUT2D eigenvalue weighted by Crippen LogP contribution is -2.45. The third-order valence-electron chi connectivity index (χ3n) is 4.12. The highest BCUT2D eigenvalue weighted by Crippen LogP contribution is 2.29. The van der Waals surface area contributed by atoms with E-state index < -0.39 is 5.97 Å². The van der Waals surface area contributed by atoms with Crippen LogP contribution in [0.25, 0.3) is 0 Å². The Morgan fingerprint density at radius 2 is 2.00 bits per heavy atom. The SMILES string of the molecule is CCOCCN(CC)C(=O)NCC1CCCCC1C(=O)O. The fourth-order valence-corrected chi connectivity index (χ4v) is 2.83. The van der Waals surface area contributed by atoms with Crippen LogP contribution in [0.3, 0.4) is 0 Å². The lowest BCUT2D eigenvalue weighted by molar-refractivity contribution is -0.144. The smallest absolute Gasteiger partial charge is 0.317 e. The zero-order chi connectivity index (χ0) is 15.7. The highest BCUT2D eigenvalue weighted by molar-refractivity contribution is 5.74. The number of urea groups is 1. The molecule has 1 fully saturated rings. The first-order chi connectivity index (χ1) is 10.1. The van der Waals surface area contributed by atoms with Gasteiger partial charge in [-0.15, -0.1) is 0 Å². The van der Waals surface area contributed by atoms with Crippen LogP contribution in [0, 0.1) is 11.8 Å². The summed E-state index contributed by atoms with van der Waals surface area (Å²) in [5.74, 6) is -1.01. The van der Waals surface area contributed by atoms with Crippen LogP contribution >= 0.6 is 0 Å². The number of carboxylic acid groups (broad SMARTS) is 1. The first-order valence-electron chi connectivity index (χ1n) is 7.93. The summed E-state index contributed by atoms with van der Waals surface area (Å²) >= 11 is 0. The van der Waals surface area contributed by atoms with Gasteiger partial charge < -0.3 is 20.1 Å². The van der Waals surface area contributed by atoms with Crippen molar-refractivity contribution in [1.29, 1.82) is 0 Å². The molecule has 0 aromatic rings. The van der Waals surface area contributed by atoms with Gasteiger partial charge in [0.15, 0.2) is 0 Å². The largest absolute Gasteiger partial charge is 0.481 e. The number of nitrogens with one attached hydrogen (secondary N) is 1. The first-order valence-corrected chi connectivity index (χ1v) is 7.93. The molecule has 0 aromatic heterocycles. The molecule has 1 aliphatic rings. The minimum atomic E-state index is -0.738. The predicted molar refractivity (Wildman–Crippen MR) is 80.2 cm³/mol. The van der Waals surface area contributed by atoms with Crippen LogP contribution in [0.4, 0.5) is 4.79 Å². The van der Waals surface area contributed by atoms with Crippen LogP contribution < -0.4 is 5.32 Å². The fourth-order valence-electron chi connectivity index (χ4n) is 2.83. The molecule has 2 amide bonds. The molecule has 21 heavy (non-hydrogen) atoms. The topological polar surface area (TPSA) is 78.9 Å². The maximum atomic E-state index is 12.1. The van der Waals surface area contributed by atoms with E-state index in [9.17, 15) is 14.7 Å². The van der Waals surface area contributed by atoms with Crippen LogP contribution in [0.15, 0.2) is 0 Å². The molecule has 0 bridgehead atoms. The Hall–Kier alpha value is -1.30. The Balaban J connectivity index is 2.40. The number of ether oxygens (including phenoxy) is 1. The van der Waals surface area contributed by atoms with Crippen molar-refractivity contribution in [3.8, 4) is 0 Å². The summed E-state index contributed by atoms with van der Waals surface area (Å²) in [6, 6.07) is -0.132. The summed E-state index contributed by atoms with van der Waals surface area (Å²) < 4.78 is 5.26. The summed E-state index contributed by atoms with van der Waals surface area (Å²) in [6.45, 7) is 6.63. The van der Waals surface area contributed by atoms with E-state index in [0.29, 0.717) is 32.8 Å². The minimum Gasteiger partial charge on any atom is -0.481 e. The average Bonchev–Trinajstić information content (AvgIpc) is 2.49. The highest BCUT2D eigenvalue weighted by atomic mass is 16.5. The van der Waals surface area contributed by atoms with Crippen molar-refractivity contribution < 1.29 is 19.4 Å². The van der Waals surface area contributed by atoms with Crippen molar-refractivity contribution in [2.45, 2.75) is 39.5 Å².